The van der Waals surface area contributed by atoms with Crippen LogP contribution < -0.4 is 0 Å². The first kappa shape index (κ1) is 16.5. The van der Waals surface area contributed by atoms with Crippen molar-refractivity contribution in [2.24, 2.45) is 0 Å². The van der Waals surface area contributed by atoms with E-state index in [0.29, 0.717) is 22.4 Å². The number of rotatable bonds is 3. The summed E-state index contributed by atoms with van der Waals surface area (Å²) in [6.45, 7) is 2.00. The third kappa shape index (κ3) is 2.78. The number of aryl methyl sites for hydroxylation is 1. The van der Waals surface area contributed by atoms with Crippen molar-refractivity contribution >= 4 is 32.9 Å². The second-order valence-corrected chi connectivity index (χ2v) is 6.86. The van der Waals surface area contributed by atoms with Gasteiger partial charge in [0.05, 0.1) is 22.3 Å². The first-order chi connectivity index (χ1) is 12.5. The van der Waals surface area contributed by atoms with E-state index in [2.05, 4.69) is 31.1 Å². The lowest BCUT2D eigenvalue weighted by atomic mass is 10.0. The minimum Gasteiger partial charge on any atom is -0.478 e. The van der Waals surface area contributed by atoms with E-state index in [9.17, 15) is 9.90 Å². The number of carbonyl (C=O) groups is 1. The van der Waals surface area contributed by atoms with Crippen molar-refractivity contribution in [3.8, 4) is 22.5 Å². The van der Waals surface area contributed by atoms with Crippen molar-refractivity contribution < 1.29 is 9.90 Å². The van der Waals surface area contributed by atoms with Crippen LogP contribution in [0.5, 0.6) is 0 Å². The van der Waals surface area contributed by atoms with Gasteiger partial charge < -0.3 is 5.11 Å². The summed E-state index contributed by atoms with van der Waals surface area (Å²) in [5.74, 6) is -1.01. The highest BCUT2D eigenvalue weighted by Gasteiger charge is 2.20. The summed E-state index contributed by atoms with van der Waals surface area (Å²) in [5.41, 5.74) is 4.59. The van der Waals surface area contributed by atoms with Gasteiger partial charge in [0.25, 0.3) is 0 Å². The molecule has 4 rings (SSSR count). The number of pyridine rings is 1. The third-order valence-corrected chi connectivity index (χ3v) is 4.94. The SMILES string of the molecule is Cc1ccc(-c2[nH]nc3nc(-c4ccccc4Br)cc(C(=O)O)c23)cc1. The molecule has 0 aliphatic carbocycles. The van der Waals surface area contributed by atoms with E-state index in [4.69, 9.17) is 0 Å². The van der Waals surface area contributed by atoms with Crippen LogP contribution in [0.15, 0.2) is 59.1 Å². The maximum absolute atomic E-state index is 11.9. The number of aromatic carboxylic acids is 1. The van der Waals surface area contributed by atoms with Crippen LogP contribution in [0.4, 0.5) is 0 Å². The van der Waals surface area contributed by atoms with E-state index < -0.39 is 5.97 Å². The first-order valence-electron chi connectivity index (χ1n) is 7.99. The summed E-state index contributed by atoms with van der Waals surface area (Å²) in [5, 5.41) is 17.5. The molecule has 0 aliphatic heterocycles. The highest BCUT2D eigenvalue weighted by molar-refractivity contribution is 9.10. The molecule has 0 spiro atoms. The maximum atomic E-state index is 11.9. The highest BCUT2D eigenvalue weighted by atomic mass is 79.9. The summed E-state index contributed by atoms with van der Waals surface area (Å²) >= 11 is 3.49. The summed E-state index contributed by atoms with van der Waals surface area (Å²) < 4.78 is 0.845. The molecule has 0 bridgehead atoms. The van der Waals surface area contributed by atoms with Gasteiger partial charge in [-0.25, -0.2) is 9.78 Å². The van der Waals surface area contributed by atoms with Crippen LogP contribution in [0, 0.1) is 6.92 Å². The Morgan fingerprint density at radius 3 is 2.54 bits per heavy atom. The van der Waals surface area contributed by atoms with Gasteiger partial charge in [0.2, 0.25) is 0 Å². The molecule has 26 heavy (non-hydrogen) atoms. The molecule has 0 radical (unpaired) electrons. The van der Waals surface area contributed by atoms with Crippen LogP contribution in [0.1, 0.15) is 15.9 Å². The quantitative estimate of drug-likeness (QED) is 0.497. The fourth-order valence-corrected chi connectivity index (χ4v) is 3.42. The highest BCUT2D eigenvalue weighted by Crippen LogP contribution is 2.33. The normalized spacial score (nSPS) is 11.0. The molecule has 2 aromatic carbocycles. The van der Waals surface area contributed by atoms with Crippen molar-refractivity contribution in [3.05, 3.63) is 70.2 Å². The molecule has 5 nitrogen and oxygen atoms in total. The Bertz CT molecular complexity index is 1130. The number of fused-ring (bicyclic) bond motifs is 1. The Labute approximate surface area is 157 Å². The number of aromatic amines is 1. The monoisotopic (exact) mass is 407 g/mol. The van der Waals surface area contributed by atoms with Gasteiger partial charge in [-0.2, -0.15) is 5.10 Å². The van der Waals surface area contributed by atoms with Gasteiger partial charge >= 0.3 is 5.97 Å². The van der Waals surface area contributed by atoms with Gasteiger partial charge in [-0.3, -0.25) is 5.10 Å². The Balaban J connectivity index is 1.98. The van der Waals surface area contributed by atoms with Crippen LogP contribution in [0.25, 0.3) is 33.5 Å². The zero-order valence-corrected chi connectivity index (χ0v) is 15.4. The molecule has 128 valence electrons. The summed E-state index contributed by atoms with van der Waals surface area (Å²) in [6, 6.07) is 17.0. The Hall–Kier alpha value is -2.99. The second kappa shape index (κ2) is 6.38. The summed E-state index contributed by atoms with van der Waals surface area (Å²) in [4.78, 5) is 16.5. The molecule has 0 amide bonds. The molecule has 0 saturated heterocycles. The molecule has 4 aromatic rings. The van der Waals surface area contributed by atoms with E-state index in [1.54, 1.807) is 6.07 Å². The van der Waals surface area contributed by atoms with Crippen molar-refractivity contribution in [1.29, 1.82) is 0 Å². The standard InChI is InChI=1S/C20H14BrN3O2/c1-11-6-8-12(9-7-11)18-17-14(20(25)26)10-16(22-19(17)24-23-18)13-4-2-3-5-15(13)21/h2-10H,1H3,(H,25,26)(H,22,23,24). The number of H-pyrrole nitrogens is 1. The van der Waals surface area contributed by atoms with Gasteiger partial charge in [0.15, 0.2) is 5.65 Å². The lowest BCUT2D eigenvalue weighted by Crippen LogP contribution is -2.00. The molecule has 2 N–H and O–H groups in total. The van der Waals surface area contributed by atoms with Crippen LogP contribution in [-0.4, -0.2) is 26.3 Å². The Morgan fingerprint density at radius 2 is 1.85 bits per heavy atom. The second-order valence-electron chi connectivity index (χ2n) is 6.00. The van der Waals surface area contributed by atoms with E-state index in [1.807, 2.05) is 55.5 Å². The number of benzene rings is 2. The predicted molar refractivity (Wildman–Crippen MR) is 104 cm³/mol. The van der Waals surface area contributed by atoms with Crippen molar-refractivity contribution in [2.75, 3.05) is 0 Å². The molecule has 0 saturated carbocycles. The largest absolute Gasteiger partial charge is 0.478 e. The Morgan fingerprint density at radius 1 is 1.12 bits per heavy atom. The number of aromatic nitrogens is 3. The summed E-state index contributed by atoms with van der Waals surface area (Å²) in [7, 11) is 0. The maximum Gasteiger partial charge on any atom is 0.336 e. The van der Waals surface area contributed by atoms with E-state index >= 15 is 0 Å². The zero-order chi connectivity index (χ0) is 18.3. The van der Waals surface area contributed by atoms with Crippen molar-refractivity contribution in [2.45, 2.75) is 6.92 Å². The van der Waals surface area contributed by atoms with Crippen molar-refractivity contribution in [1.82, 2.24) is 15.2 Å². The molecule has 0 unspecified atom stereocenters. The lowest BCUT2D eigenvalue weighted by Gasteiger charge is -2.07. The minimum atomic E-state index is -1.01. The number of carboxylic acids is 1. The number of hydrogen-bond acceptors (Lipinski definition) is 3. The van der Waals surface area contributed by atoms with Crippen molar-refractivity contribution in [3.63, 3.8) is 0 Å². The fourth-order valence-electron chi connectivity index (χ4n) is 2.93. The molecule has 0 aliphatic rings. The average Bonchev–Trinajstić information content (AvgIpc) is 3.06. The number of carboxylic acid groups (broad SMARTS) is 1. The number of halogens is 1. The summed E-state index contributed by atoms with van der Waals surface area (Å²) in [6.07, 6.45) is 0. The lowest BCUT2D eigenvalue weighted by molar-refractivity contribution is 0.0699. The first-order valence-corrected chi connectivity index (χ1v) is 8.78. The van der Waals surface area contributed by atoms with E-state index in [0.717, 1.165) is 21.2 Å². The Kier molecular flexibility index (Phi) is 4.05. The van der Waals surface area contributed by atoms with Gasteiger partial charge in [-0.15, -0.1) is 0 Å². The van der Waals surface area contributed by atoms with Crippen LogP contribution >= 0.6 is 15.9 Å². The van der Waals surface area contributed by atoms with Gasteiger partial charge in [-0.05, 0) is 19.1 Å². The molecule has 0 fully saturated rings. The molecule has 2 heterocycles. The smallest absolute Gasteiger partial charge is 0.336 e. The minimum absolute atomic E-state index is 0.171. The zero-order valence-electron chi connectivity index (χ0n) is 13.8. The van der Waals surface area contributed by atoms with Crippen LogP contribution in [0.2, 0.25) is 0 Å². The predicted octanol–water partition coefficient (Wildman–Crippen LogP) is 5.06. The third-order valence-electron chi connectivity index (χ3n) is 4.24. The molecule has 0 atom stereocenters. The van der Waals surface area contributed by atoms with Gasteiger partial charge in [-0.1, -0.05) is 64.0 Å². The number of nitrogens with one attached hydrogen (secondary N) is 1. The number of nitrogens with zero attached hydrogens (tertiary/aromatic N) is 2. The van der Waals surface area contributed by atoms with Gasteiger partial charge in [0.1, 0.15) is 0 Å². The molecule has 2 aromatic heterocycles. The van der Waals surface area contributed by atoms with Gasteiger partial charge in [0, 0.05) is 15.6 Å². The van der Waals surface area contributed by atoms with E-state index in [-0.39, 0.29) is 5.56 Å². The topological polar surface area (TPSA) is 78.9 Å². The average molecular weight is 408 g/mol. The van der Waals surface area contributed by atoms with E-state index in [1.165, 1.54) is 0 Å². The molecular weight excluding hydrogens is 394 g/mol. The van der Waals surface area contributed by atoms with Crippen LogP contribution in [0.3, 0.4) is 0 Å². The fraction of sp³-hybridized carbons (Fsp3) is 0.0500. The van der Waals surface area contributed by atoms with Crippen LogP contribution in [-0.2, 0) is 0 Å². The molecule has 6 heteroatoms. The number of hydrogen-bond donors (Lipinski definition) is 2. The molecular formula is C20H14BrN3O2.